The lowest BCUT2D eigenvalue weighted by molar-refractivity contribution is -0.143. The van der Waals surface area contributed by atoms with Crippen molar-refractivity contribution in [3.8, 4) is 11.6 Å². The molecule has 1 aromatic heterocycles. The van der Waals surface area contributed by atoms with Gasteiger partial charge in [-0.05, 0) is 68.2 Å². The fourth-order valence-electron chi connectivity index (χ4n) is 6.11. The number of pyridine rings is 1. The summed E-state index contributed by atoms with van der Waals surface area (Å²) in [6, 6.07) is 4.62. The molecule has 18 heteroatoms. The highest BCUT2D eigenvalue weighted by atomic mass is 32.2. The van der Waals surface area contributed by atoms with Gasteiger partial charge in [-0.25, -0.2) is 27.5 Å². The number of aromatic nitrogens is 1. The lowest BCUT2D eigenvalue weighted by Gasteiger charge is -2.36. The van der Waals surface area contributed by atoms with Gasteiger partial charge in [0, 0.05) is 18.0 Å². The van der Waals surface area contributed by atoms with Crippen LogP contribution in [-0.4, -0.2) is 98.1 Å². The second-order valence-electron chi connectivity index (χ2n) is 15.0. The maximum absolute atomic E-state index is 14.4. The van der Waals surface area contributed by atoms with E-state index in [1.807, 2.05) is 0 Å². The van der Waals surface area contributed by atoms with Crippen molar-refractivity contribution in [2.24, 2.45) is 11.3 Å². The SMILES string of the molecule is CCC1C[C@]1(NC(=O)C1C[C@@H](Oc2nccc3cc(OC)ccc23)CN1C(=O)[C@@H](NC(=O)OC(C)(C)C)C(C)(C)C)C(=O)NS(=O)(=O)OCC(F)F. The molecule has 5 atom stereocenters. The van der Waals surface area contributed by atoms with E-state index in [0.717, 1.165) is 5.39 Å². The molecular formula is C34H47F2N5O10S. The number of rotatable bonds is 13. The number of fused-ring (bicyclic) bond motifs is 1. The van der Waals surface area contributed by atoms with E-state index in [-0.39, 0.29) is 25.3 Å². The second-order valence-corrected chi connectivity index (χ2v) is 16.3. The molecule has 288 valence electrons. The molecule has 2 fully saturated rings. The van der Waals surface area contributed by atoms with Crippen LogP contribution in [0.25, 0.3) is 10.8 Å². The Bertz CT molecular complexity index is 1780. The highest BCUT2D eigenvalue weighted by Crippen LogP contribution is 2.46. The van der Waals surface area contributed by atoms with Gasteiger partial charge < -0.3 is 29.7 Å². The van der Waals surface area contributed by atoms with E-state index in [1.54, 1.807) is 83.7 Å². The fraction of sp³-hybridized carbons (Fsp3) is 0.618. The predicted molar refractivity (Wildman–Crippen MR) is 184 cm³/mol. The number of likely N-dealkylation sites (tertiary alicyclic amines) is 1. The molecule has 2 heterocycles. The summed E-state index contributed by atoms with van der Waals surface area (Å²) in [5.74, 6) is -2.26. The number of amides is 4. The van der Waals surface area contributed by atoms with Crippen LogP contribution in [0.3, 0.4) is 0 Å². The zero-order valence-corrected chi connectivity index (χ0v) is 31.3. The average molecular weight is 756 g/mol. The molecule has 1 saturated heterocycles. The number of nitrogens with one attached hydrogen (secondary N) is 3. The van der Waals surface area contributed by atoms with E-state index in [1.165, 1.54) is 12.0 Å². The Balaban J connectivity index is 1.65. The van der Waals surface area contributed by atoms with Gasteiger partial charge in [0.05, 0.1) is 13.7 Å². The van der Waals surface area contributed by atoms with Crippen molar-refractivity contribution in [2.45, 2.75) is 103 Å². The van der Waals surface area contributed by atoms with Gasteiger partial charge in [-0.3, -0.25) is 14.4 Å². The summed E-state index contributed by atoms with van der Waals surface area (Å²) in [5, 5.41) is 6.70. The second kappa shape index (κ2) is 15.3. The first-order valence-corrected chi connectivity index (χ1v) is 18.2. The van der Waals surface area contributed by atoms with Gasteiger partial charge in [-0.15, -0.1) is 0 Å². The summed E-state index contributed by atoms with van der Waals surface area (Å²) < 4.78 is 72.6. The zero-order chi connectivity index (χ0) is 38.8. The van der Waals surface area contributed by atoms with Crippen LogP contribution in [-0.2, 0) is 33.6 Å². The van der Waals surface area contributed by atoms with Crippen LogP contribution in [0.15, 0.2) is 30.5 Å². The van der Waals surface area contributed by atoms with Gasteiger partial charge in [0.25, 0.3) is 12.3 Å². The summed E-state index contributed by atoms with van der Waals surface area (Å²) in [4.78, 5) is 60.4. The van der Waals surface area contributed by atoms with Gasteiger partial charge >= 0.3 is 16.4 Å². The highest BCUT2D eigenvalue weighted by molar-refractivity contribution is 7.85. The van der Waals surface area contributed by atoms with Crippen molar-refractivity contribution in [3.63, 3.8) is 0 Å². The summed E-state index contributed by atoms with van der Waals surface area (Å²) in [6.45, 7) is 10.3. The largest absolute Gasteiger partial charge is 0.497 e. The molecule has 0 bridgehead atoms. The molecule has 1 aliphatic carbocycles. The number of alkyl carbamates (subject to hydrolysis) is 1. The number of halogens is 2. The first-order chi connectivity index (χ1) is 24.1. The van der Waals surface area contributed by atoms with Gasteiger partial charge in [0.1, 0.15) is 41.7 Å². The quantitative estimate of drug-likeness (QED) is 0.271. The van der Waals surface area contributed by atoms with E-state index in [4.69, 9.17) is 14.2 Å². The van der Waals surface area contributed by atoms with Gasteiger partial charge in [0.2, 0.25) is 17.7 Å². The number of hydrogen-bond donors (Lipinski definition) is 3. The van der Waals surface area contributed by atoms with E-state index >= 15 is 0 Å². The standard InChI is InChI=1S/C34H47F2N5O10S/c1-9-20-16-34(20,30(44)40-52(46,47)49-18-25(35)36)39-27(42)24-15-22(50-28-23-11-10-21(48-8)14-19(23)12-13-37-28)17-41(24)29(43)26(32(2,3)4)38-31(45)51-33(5,6)7/h10-14,20,22,24-26H,9,15-18H2,1-8H3,(H,38,45)(H,39,42)(H,40,44)/t20?,22-,24?,26-,34-/m1/s1. The van der Waals surface area contributed by atoms with Crippen LogP contribution in [0.2, 0.25) is 0 Å². The molecule has 3 N–H and O–H groups in total. The molecule has 1 saturated carbocycles. The van der Waals surface area contributed by atoms with E-state index < -0.39 is 87.8 Å². The summed E-state index contributed by atoms with van der Waals surface area (Å²) >= 11 is 0. The Morgan fingerprint density at radius 2 is 1.79 bits per heavy atom. The van der Waals surface area contributed by atoms with E-state index in [9.17, 15) is 36.4 Å². The third kappa shape index (κ3) is 9.76. The van der Waals surface area contributed by atoms with Crippen molar-refractivity contribution < 1.29 is 54.8 Å². The molecule has 1 aromatic carbocycles. The monoisotopic (exact) mass is 755 g/mol. The average Bonchev–Trinajstić information content (AvgIpc) is 3.59. The van der Waals surface area contributed by atoms with Crippen molar-refractivity contribution in [1.29, 1.82) is 0 Å². The molecular weight excluding hydrogens is 708 g/mol. The molecule has 4 amide bonds. The number of alkyl halides is 2. The molecule has 0 radical (unpaired) electrons. The van der Waals surface area contributed by atoms with Crippen LogP contribution in [0, 0.1) is 11.3 Å². The molecule has 15 nitrogen and oxygen atoms in total. The number of carbonyl (C=O) groups is 4. The van der Waals surface area contributed by atoms with Crippen molar-refractivity contribution in [2.75, 3.05) is 20.3 Å². The van der Waals surface area contributed by atoms with Crippen LogP contribution in [0.5, 0.6) is 11.6 Å². The third-order valence-corrected chi connectivity index (χ3v) is 9.63. The molecule has 52 heavy (non-hydrogen) atoms. The molecule has 2 aliphatic rings. The van der Waals surface area contributed by atoms with Gasteiger partial charge in [-0.2, -0.15) is 8.42 Å². The van der Waals surface area contributed by atoms with Crippen molar-refractivity contribution in [3.05, 3.63) is 30.5 Å². The number of methoxy groups -OCH3 is 1. The van der Waals surface area contributed by atoms with Gasteiger partial charge in [-0.1, -0.05) is 34.1 Å². The van der Waals surface area contributed by atoms with Crippen molar-refractivity contribution in [1.82, 2.24) is 25.2 Å². The number of benzene rings is 1. The summed E-state index contributed by atoms with van der Waals surface area (Å²) in [7, 11) is -3.39. The first kappa shape index (κ1) is 40.5. The van der Waals surface area contributed by atoms with Crippen LogP contribution in [0.1, 0.15) is 67.7 Å². The molecule has 0 spiro atoms. The number of nitrogens with zero attached hydrogens (tertiary/aromatic N) is 2. The van der Waals surface area contributed by atoms with Crippen LogP contribution in [0.4, 0.5) is 13.6 Å². The predicted octanol–water partition coefficient (Wildman–Crippen LogP) is 3.46. The molecule has 4 rings (SSSR count). The van der Waals surface area contributed by atoms with E-state index in [2.05, 4.69) is 19.8 Å². The smallest absolute Gasteiger partial charge is 0.408 e. The maximum atomic E-state index is 14.4. The minimum absolute atomic E-state index is 0.0419. The van der Waals surface area contributed by atoms with Crippen molar-refractivity contribution >= 4 is 44.9 Å². The van der Waals surface area contributed by atoms with Crippen LogP contribution >= 0.6 is 0 Å². The zero-order valence-electron chi connectivity index (χ0n) is 30.5. The molecule has 1 aliphatic heterocycles. The Labute approximate surface area is 301 Å². The lowest BCUT2D eigenvalue weighted by Crippen LogP contribution is -2.60. The Hall–Kier alpha value is -4.32. The minimum Gasteiger partial charge on any atom is -0.497 e. The number of carbonyl (C=O) groups excluding carboxylic acids is 4. The number of ether oxygens (including phenoxy) is 3. The molecule has 2 aromatic rings. The molecule has 2 unspecified atom stereocenters. The minimum atomic E-state index is -4.93. The highest BCUT2D eigenvalue weighted by Gasteiger charge is 2.62. The van der Waals surface area contributed by atoms with E-state index in [0.29, 0.717) is 17.6 Å². The third-order valence-electron chi connectivity index (χ3n) is 8.75. The fourth-order valence-corrected chi connectivity index (χ4v) is 6.86. The first-order valence-electron chi connectivity index (χ1n) is 16.8. The number of hydrogen-bond acceptors (Lipinski definition) is 11. The topological polar surface area (TPSA) is 192 Å². The normalized spacial score (nSPS) is 22.4. The maximum Gasteiger partial charge on any atom is 0.408 e. The van der Waals surface area contributed by atoms with Gasteiger partial charge in [0.15, 0.2) is 0 Å². The Morgan fingerprint density at radius 1 is 1.10 bits per heavy atom. The lowest BCUT2D eigenvalue weighted by atomic mass is 9.85. The Morgan fingerprint density at radius 3 is 2.37 bits per heavy atom. The van der Waals surface area contributed by atoms with Crippen LogP contribution < -0.4 is 24.8 Å². The summed E-state index contributed by atoms with van der Waals surface area (Å²) in [5.41, 5.74) is -3.47. The Kier molecular flexibility index (Phi) is 11.9. The summed E-state index contributed by atoms with van der Waals surface area (Å²) in [6.07, 6.45) is -2.89.